The van der Waals surface area contributed by atoms with E-state index in [0.717, 1.165) is 5.56 Å². The van der Waals surface area contributed by atoms with Gasteiger partial charge >= 0.3 is 0 Å². The molecule has 1 unspecified atom stereocenters. The molecular weight excluding hydrogens is 371 g/mol. The van der Waals surface area contributed by atoms with Crippen molar-refractivity contribution in [3.05, 3.63) is 62.0 Å². The molecule has 106 valence electrons. The quantitative estimate of drug-likeness (QED) is 0.667. The number of nitrogens with one attached hydrogen (secondary N) is 1. The Kier molecular flexibility index (Phi) is 4.89. The summed E-state index contributed by atoms with van der Waals surface area (Å²) >= 11 is 15.0. The lowest BCUT2D eigenvalue weighted by Crippen LogP contribution is -2.08. The molecule has 0 heterocycles. The Labute approximate surface area is 134 Å². The van der Waals surface area contributed by atoms with Crippen molar-refractivity contribution in [1.82, 2.24) is 0 Å². The second-order valence-electron chi connectivity index (χ2n) is 4.28. The van der Waals surface area contributed by atoms with Crippen LogP contribution in [0.1, 0.15) is 18.5 Å². The number of hydrogen-bond acceptors (Lipinski definition) is 1. The Balaban J connectivity index is 2.27. The van der Waals surface area contributed by atoms with Gasteiger partial charge in [0, 0.05) is 10.5 Å². The fourth-order valence-electron chi connectivity index (χ4n) is 1.76. The Morgan fingerprint density at radius 1 is 1.10 bits per heavy atom. The Bertz CT molecular complexity index is 626. The lowest BCUT2D eigenvalue weighted by atomic mass is 10.1. The molecule has 1 atom stereocenters. The molecule has 0 spiro atoms. The predicted octanol–water partition coefficient (Wildman–Crippen LogP) is 6.21. The first-order valence-corrected chi connectivity index (χ1v) is 7.29. The highest BCUT2D eigenvalue weighted by Crippen LogP contribution is 2.34. The largest absolute Gasteiger partial charge is 0.376 e. The summed E-state index contributed by atoms with van der Waals surface area (Å²) in [5.74, 6) is -0.895. The highest BCUT2D eigenvalue weighted by molar-refractivity contribution is 9.10. The third-order valence-electron chi connectivity index (χ3n) is 2.81. The molecule has 0 fully saturated rings. The molecular formula is C14H10BrCl2F2N. The molecule has 0 bridgehead atoms. The van der Waals surface area contributed by atoms with Gasteiger partial charge in [-0.25, -0.2) is 8.78 Å². The van der Waals surface area contributed by atoms with Crippen LogP contribution in [-0.2, 0) is 0 Å². The second kappa shape index (κ2) is 6.29. The van der Waals surface area contributed by atoms with Gasteiger partial charge < -0.3 is 5.32 Å². The first-order chi connectivity index (χ1) is 9.38. The van der Waals surface area contributed by atoms with Gasteiger partial charge in [0.2, 0.25) is 0 Å². The summed E-state index contributed by atoms with van der Waals surface area (Å²) in [6, 6.07) is 6.84. The van der Waals surface area contributed by atoms with Crippen LogP contribution in [0.2, 0.25) is 10.0 Å². The summed E-state index contributed by atoms with van der Waals surface area (Å²) in [6.45, 7) is 1.87. The van der Waals surface area contributed by atoms with E-state index in [0.29, 0.717) is 10.2 Å². The van der Waals surface area contributed by atoms with Crippen molar-refractivity contribution < 1.29 is 8.78 Å². The zero-order valence-electron chi connectivity index (χ0n) is 10.4. The van der Waals surface area contributed by atoms with Crippen LogP contribution in [0, 0.1) is 11.6 Å². The minimum absolute atomic E-state index is 0.0559. The fourth-order valence-corrected chi connectivity index (χ4v) is 2.87. The lowest BCUT2D eigenvalue weighted by molar-refractivity contribution is 0.626. The van der Waals surface area contributed by atoms with Gasteiger partial charge in [0.1, 0.15) is 11.6 Å². The average Bonchev–Trinajstić information content (AvgIpc) is 2.36. The summed E-state index contributed by atoms with van der Waals surface area (Å²) in [6.07, 6.45) is 0. The monoisotopic (exact) mass is 379 g/mol. The van der Waals surface area contributed by atoms with E-state index in [-0.39, 0.29) is 16.1 Å². The molecule has 0 saturated heterocycles. The minimum Gasteiger partial charge on any atom is -0.376 e. The SMILES string of the molecule is CC(Nc1c(Cl)cc(F)cc1Br)c1ccc(F)c(Cl)c1. The molecule has 6 heteroatoms. The van der Waals surface area contributed by atoms with Crippen molar-refractivity contribution in [3.63, 3.8) is 0 Å². The van der Waals surface area contributed by atoms with Crippen molar-refractivity contribution in [3.8, 4) is 0 Å². The van der Waals surface area contributed by atoms with Crippen LogP contribution in [0.5, 0.6) is 0 Å². The van der Waals surface area contributed by atoms with Gasteiger partial charge in [-0.05, 0) is 52.7 Å². The third kappa shape index (κ3) is 3.43. The summed E-state index contributed by atoms with van der Waals surface area (Å²) in [7, 11) is 0. The summed E-state index contributed by atoms with van der Waals surface area (Å²) < 4.78 is 26.8. The molecule has 0 aliphatic carbocycles. The van der Waals surface area contributed by atoms with Gasteiger partial charge in [-0.1, -0.05) is 29.3 Å². The standard InChI is InChI=1S/C14H10BrCl2F2N/c1-7(8-2-3-13(19)11(16)4-8)20-14-10(15)5-9(18)6-12(14)17/h2-7,20H,1H3. The highest BCUT2D eigenvalue weighted by atomic mass is 79.9. The van der Waals surface area contributed by atoms with E-state index in [9.17, 15) is 8.78 Å². The molecule has 1 nitrogen and oxygen atoms in total. The highest BCUT2D eigenvalue weighted by Gasteiger charge is 2.13. The minimum atomic E-state index is -0.469. The van der Waals surface area contributed by atoms with E-state index in [1.165, 1.54) is 18.2 Å². The maximum atomic E-state index is 13.2. The van der Waals surface area contributed by atoms with Crippen LogP contribution in [-0.4, -0.2) is 0 Å². The van der Waals surface area contributed by atoms with Crippen LogP contribution in [0.3, 0.4) is 0 Å². The Hall–Kier alpha value is -0.840. The smallest absolute Gasteiger partial charge is 0.141 e. The van der Waals surface area contributed by atoms with Crippen LogP contribution in [0.4, 0.5) is 14.5 Å². The average molecular weight is 381 g/mol. The van der Waals surface area contributed by atoms with Crippen molar-refractivity contribution in [1.29, 1.82) is 0 Å². The van der Waals surface area contributed by atoms with Gasteiger partial charge in [-0.3, -0.25) is 0 Å². The van der Waals surface area contributed by atoms with Crippen molar-refractivity contribution in [2.24, 2.45) is 0 Å². The summed E-state index contributed by atoms with van der Waals surface area (Å²) in [5, 5.41) is 3.46. The molecule has 0 amide bonds. The molecule has 20 heavy (non-hydrogen) atoms. The van der Waals surface area contributed by atoms with Crippen LogP contribution < -0.4 is 5.32 Å². The summed E-state index contributed by atoms with van der Waals surface area (Å²) in [4.78, 5) is 0. The van der Waals surface area contributed by atoms with Gasteiger partial charge in [0.15, 0.2) is 0 Å². The zero-order valence-corrected chi connectivity index (χ0v) is 13.5. The maximum absolute atomic E-state index is 13.2. The fraction of sp³-hybridized carbons (Fsp3) is 0.143. The molecule has 0 aromatic heterocycles. The number of rotatable bonds is 3. The van der Waals surface area contributed by atoms with Crippen LogP contribution >= 0.6 is 39.1 Å². The van der Waals surface area contributed by atoms with Gasteiger partial charge in [0.25, 0.3) is 0 Å². The predicted molar refractivity (Wildman–Crippen MR) is 82.6 cm³/mol. The third-order valence-corrected chi connectivity index (χ3v) is 4.02. The van der Waals surface area contributed by atoms with Gasteiger partial charge in [-0.2, -0.15) is 0 Å². The first kappa shape index (κ1) is 15.5. The molecule has 2 aromatic carbocycles. The molecule has 0 saturated carbocycles. The van der Waals surface area contributed by atoms with E-state index in [4.69, 9.17) is 23.2 Å². The lowest BCUT2D eigenvalue weighted by Gasteiger charge is -2.18. The Morgan fingerprint density at radius 2 is 1.80 bits per heavy atom. The van der Waals surface area contributed by atoms with Gasteiger partial charge in [0.05, 0.1) is 15.7 Å². The van der Waals surface area contributed by atoms with Crippen molar-refractivity contribution in [2.45, 2.75) is 13.0 Å². The van der Waals surface area contributed by atoms with E-state index in [2.05, 4.69) is 21.2 Å². The van der Waals surface area contributed by atoms with Crippen molar-refractivity contribution in [2.75, 3.05) is 5.32 Å². The molecule has 0 aliphatic heterocycles. The zero-order chi connectivity index (χ0) is 14.9. The molecule has 0 aliphatic rings. The van der Waals surface area contributed by atoms with E-state index >= 15 is 0 Å². The van der Waals surface area contributed by atoms with E-state index in [1.54, 1.807) is 12.1 Å². The van der Waals surface area contributed by atoms with Crippen LogP contribution in [0.15, 0.2) is 34.8 Å². The molecule has 2 rings (SSSR count). The second-order valence-corrected chi connectivity index (χ2v) is 5.95. The normalized spacial score (nSPS) is 12.3. The number of anilines is 1. The summed E-state index contributed by atoms with van der Waals surface area (Å²) in [5.41, 5.74) is 1.37. The molecule has 2 aromatic rings. The topological polar surface area (TPSA) is 12.0 Å². The number of halogens is 5. The first-order valence-electron chi connectivity index (χ1n) is 5.74. The van der Waals surface area contributed by atoms with E-state index < -0.39 is 11.6 Å². The maximum Gasteiger partial charge on any atom is 0.141 e. The van der Waals surface area contributed by atoms with Crippen molar-refractivity contribution >= 4 is 44.8 Å². The van der Waals surface area contributed by atoms with Gasteiger partial charge in [-0.15, -0.1) is 0 Å². The molecule has 0 radical (unpaired) electrons. The van der Waals surface area contributed by atoms with E-state index in [1.807, 2.05) is 6.92 Å². The number of benzene rings is 2. The number of hydrogen-bond donors (Lipinski definition) is 1. The molecule has 1 N–H and O–H groups in total. The Morgan fingerprint density at radius 3 is 2.40 bits per heavy atom. The van der Waals surface area contributed by atoms with Crippen LogP contribution in [0.25, 0.3) is 0 Å².